The smallest absolute Gasteiger partial charge is 0.191 e. The minimum atomic E-state index is 0. The SMILES string of the molecule is CNCc1nnc(SCc2n[nH]c(C)n2)n1C.Cl. The Morgan fingerprint density at radius 2 is 2.17 bits per heavy atom. The van der Waals surface area contributed by atoms with Crippen molar-refractivity contribution in [2.45, 2.75) is 24.4 Å². The maximum Gasteiger partial charge on any atom is 0.191 e. The van der Waals surface area contributed by atoms with E-state index in [9.17, 15) is 0 Å². The van der Waals surface area contributed by atoms with Gasteiger partial charge in [-0.15, -0.1) is 22.6 Å². The fourth-order valence-electron chi connectivity index (χ4n) is 1.37. The summed E-state index contributed by atoms with van der Waals surface area (Å²) in [6, 6.07) is 0. The van der Waals surface area contributed by atoms with Crippen LogP contribution in [0.3, 0.4) is 0 Å². The van der Waals surface area contributed by atoms with Crippen LogP contribution >= 0.6 is 24.2 Å². The summed E-state index contributed by atoms with van der Waals surface area (Å²) in [6.07, 6.45) is 0. The van der Waals surface area contributed by atoms with Gasteiger partial charge in [-0.3, -0.25) is 5.10 Å². The number of thioether (sulfide) groups is 1. The van der Waals surface area contributed by atoms with E-state index >= 15 is 0 Å². The van der Waals surface area contributed by atoms with Gasteiger partial charge in [0.15, 0.2) is 11.0 Å². The summed E-state index contributed by atoms with van der Waals surface area (Å²) >= 11 is 1.58. The molecular formula is C9H16ClN7S. The standard InChI is InChI=1S/C9H15N7S.ClH/c1-6-11-7(13-12-6)5-17-9-15-14-8(4-10-2)16(9)3;/h10H,4-5H2,1-3H3,(H,11,12,13);1H. The zero-order valence-electron chi connectivity index (χ0n) is 10.5. The van der Waals surface area contributed by atoms with Crippen LogP contribution in [-0.2, 0) is 19.3 Å². The van der Waals surface area contributed by atoms with Gasteiger partial charge in [0.2, 0.25) is 0 Å². The highest BCUT2D eigenvalue weighted by atomic mass is 35.5. The van der Waals surface area contributed by atoms with Crippen LogP contribution in [0.15, 0.2) is 5.16 Å². The third kappa shape index (κ3) is 3.44. The van der Waals surface area contributed by atoms with Crippen molar-refractivity contribution in [2.75, 3.05) is 7.05 Å². The predicted octanol–water partition coefficient (Wildman–Crippen LogP) is 0.675. The molecule has 0 aliphatic carbocycles. The van der Waals surface area contributed by atoms with Crippen molar-refractivity contribution in [3.05, 3.63) is 17.5 Å². The molecule has 0 spiro atoms. The Morgan fingerprint density at radius 1 is 1.39 bits per heavy atom. The van der Waals surface area contributed by atoms with Crippen molar-refractivity contribution in [1.82, 2.24) is 35.3 Å². The van der Waals surface area contributed by atoms with E-state index in [-0.39, 0.29) is 12.4 Å². The third-order valence-electron chi connectivity index (χ3n) is 2.23. The first-order chi connectivity index (χ1) is 8.20. The van der Waals surface area contributed by atoms with Crippen molar-refractivity contribution in [1.29, 1.82) is 0 Å². The maximum absolute atomic E-state index is 4.24. The molecule has 0 aliphatic heterocycles. The minimum absolute atomic E-state index is 0. The van der Waals surface area contributed by atoms with Crippen LogP contribution < -0.4 is 5.32 Å². The first kappa shape index (κ1) is 14.9. The van der Waals surface area contributed by atoms with E-state index in [4.69, 9.17) is 0 Å². The Hall–Kier alpha value is -1.12. The molecule has 0 aliphatic rings. The molecular weight excluding hydrogens is 274 g/mol. The van der Waals surface area contributed by atoms with Crippen LogP contribution in [0.2, 0.25) is 0 Å². The van der Waals surface area contributed by atoms with Gasteiger partial charge in [0.1, 0.15) is 11.6 Å². The molecule has 2 aromatic heterocycles. The van der Waals surface area contributed by atoms with Crippen molar-refractivity contribution in [3.63, 3.8) is 0 Å². The molecule has 0 fully saturated rings. The Bertz CT molecular complexity index is 495. The number of nitrogens with zero attached hydrogens (tertiary/aromatic N) is 5. The molecule has 100 valence electrons. The lowest BCUT2D eigenvalue weighted by molar-refractivity contribution is 0.682. The lowest BCUT2D eigenvalue weighted by Gasteiger charge is -2.01. The molecule has 2 rings (SSSR count). The summed E-state index contributed by atoms with van der Waals surface area (Å²) in [5.74, 6) is 3.22. The summed E-state index contributed by atoms with van der Waals surface area (Å²) in [5, 5.41) is 19.1. The van der Waals surface area contributed by atoms with E-state index in [0.29, 0.717) is 12.3 Å². The summed E-state index contributed by atoms with van der Waals surface area (Å²) in [6.45, 7) is 2.60. The van der Waals surface area contributed by atoms with Gasteiger partial charge in [-0.2, -0.15) is 5.10 Å². The quantitative estimate of drug-likeness (QED) is 0.787. The number of hydrogen-bond acceptors (Lipinski definition) is 6. The summed E-state index contributed by atoms with van der Waals surface area (Å²) in [7, 11) is 3.84. The van der Waals surface area contributed by atoms with E-state index in [1.807, 2.05) is 25.6 Å². The lowest BCUT2D eigenvalue weighted by Crippen LogP contribution is -2.10. The Morgan fingerprint density at radius 3 is 2.78 bits per heavy atom. The molecule has 0 aromatic carbocycles. The Balaban J connectivity index is 0.00000162. The van der Waals surface area contributed by atoms with Gasteiger partial charge in [-0.1, -0.05) is 11.8 Å². The van der Waals surface area contributed by atoms with E-state index < -0.39 is 0 Å². The van der Waals surface area contributed by atoms with Crippen molar-refractivity contribution in [2.24, 2.45) is 7.05 Å². The molecule has 0 amide bonds. The van der Waals surface area contributed by atoms with E-state index in [2.05, 4.69) is 30.7 Å². The zero-order valence-corrected chi connectivity index (χ0v) is 12.1. The van der Waals surface area contributed by atoms with Crippen LogP contribution in [0.1, 0.15) is 17.5 Å². The second-order valence-electron chi connectivity index (χ2n) is 3.61. The monoisotopic (exact) mass is 289 g/mol. The highest BCUT2D eigenvalue weighted by Crippen LogP contribution is 2.19. The topological polar surface area (TPSA) is 84.3 Å². The van der Waals surface area contributed by atoms with E-state index in [1.165, 1.54) is 0 Å². The molecule has 2 N–H and O–H groups in total. The van der Waals surface area contributed by atoms with Crippen molar-refractivity contribution in [3.8, 4) is 0 Å². The fourth-order valence-corrected chi connectivity index (χ4v) is 2.15. The molecule has 9 heteroatoms. The van der Waals surface area contributed by atoms with Crippen molar-refractivity contribution >= 4 is 24.2 Å². The molecule has 2 heterocycles. The number of hydrogen-bond donors (Lipinski definition) is 2. The average Bonchev–Trinajstić information content (AvgIpc) is 2.86. The van der Waals surface area contributed by atoms with Crippen LogP contribution in [0.25, 0.3) is 0 Å². The molecule has 18 heavy (non-hydrogen) atoms. The van der Waals surface area contributed by atoms with Gasteiger partial charge in [0, 0.05) is 7.05 Å². The molecule has 0 bridgehead atoms. The zero-order chi connectivity index (χ0) is 12.3. The average molecular weight is 290 g/mol. The number of H-pyrrole nitrogens is 1. The lowest BCUT2D eigenvalue weighted by atomic mass is 10.6. The second kappa shape index (κ2) is 6.72. The molecule has 0 atom stereocenters. The van der Waals surface area contributed by atoms with Crippen LogP contribution in [0.4, 0.5) is 0 Å². The van der Waals surface area contributed by atoms with Crippen molar-refractivity contribution < 1.29 is 0 Å². The van der Waals surface area contributed by atoms with Gasteiger partial charge in [-0.05, 0) is 14.0 Å². The normalized spacial score (nSPS) is 10.4. The van der Waals surface area contributed by atoms with Crippen LogP contribution in [0.5, 0.6) is 0 Å². The second-order valence-corrected chi connectivity index (χ2v) is 4.56. The van der Waals surface area contributed by atoms with Gasteiger partial charge in [0.05, 0.1) is 12.3 Å². The van der Waals surface area contributed by atoms with Crippen LogP contribution in [-0.4, -0.2) is 37.0 Å². The predicted molar refractivity (Wildman–Crippen MR) is 71.7 cm³/mol. The van der Waals surface area contributed by atoms with Gasteiger partial charge < -0.3 is 9.88 Å². The van der Waals surface area contributed by atoms with Gasteiger partial charge in [-0.25, -0.2) is 4.98 Å². The highest BCUT2D eigenvalue weighted by molar-refractivity contribution is 7.98. The van der Waals surface area contributed by atoms with Gasteiger partial charge >= 0.3 is 0 Å². The maximum atomic E-state index is 4.24. The number of rotatable bonds is 5. The number of nitrogens with one attached hydrogen (secondary N) is 2. The molecule has 2 aromatic rings. The number of halogens is 1. The molecule has 7 nitrogen and oxygen atoms in total. The summed E-state index contributed by atoms with van der Waals surface area (Å²) in [4.78, 5) is 4.24. The summed E-state index contributed by atoms with van der Waals surface area (Å²) < 4.78 is 1.97. The number of aromatic nitrogens is 6. The van der Waals surface area contributed by atoms with Crippen LogP contribution in [0, 0.1) is 6.92 Å². The van der Waals surface area contributed by atoms with E-state index in [1.54, 1.807) is 11.8 Å². The third-order valence-corrected chi connectivity index (χ3v) is 3.25. The minimum Gasteiger partial charge on any atom is -0.313 e. The van der Waals surface area contributed by atoms with Gasteiger partial charge in [0.25, 0.3) is 0 Å². The first-order valence-corrected chi connectivity index (χ1v) is 6.23. The number of aromatic amines is 1. The van der Waals surface area contributed by atoms with E-state index in [0.717, 1.165) is 22.6 Å². The Kier molecular flexibility index (Phi) is 5.57. The fraction of sp³-hybridized carbons (Fsp3) is 0.556. The first-order valence-electron chi connectivity index (χ1n) is 5.24. The molecule has 0 unspecified atom stereocenters. The molecule has 0 radical (unpaired) electrons. The Labute approximate surface area is 116 Å². The summed E-state index contributed by atoms with van der Waals surface area (Å²) in [5.41, 5.74) is 0. The number of aryl methyl sites for hydroxylation is 1. The highest BCUT2D eigenvalue weighted by Gasteiger charge is 2.09. The largest absolute Gasteiger partial charge is 0.313 e. The molecule has 0 saturated heterocycles. The molecule has 0 saturated carbocycles.